The molecule has 0 amide bonds. The Morgan fingerprint density at radius 3 is 1.06 bits per heavy atom. The van der Waals surface area contributed by atoms with Crippen LogP contribution in [0.1, 0.15) is 322 Å². The molecule has 0 fully saturated rings. The monoisotopic (exact) mass is 1130 g/mol. The molecule has 0 aliphatic carbocycles. The minimum Gasteiger partial charge on any atom is -0.462 e. The van der Waals surface area contributed by atoms with Gasteiger partial charge in [0.2, 0.25) is 0 Å². The highest BCUT2D eigenvalue weighted by molar-refractivity contribution is 7.47. The number of carbonyl (C=O) groups is 2. The predicted octanol–water partition coefficient (Wildman–Crippen LogP) is 21.6. The highest BCUT2D eigenvalue weighted by Crippen LogP contribution is 2.43. The van der Waals surface area contributed by atoms with Crippen molar-refractivity contribution in [2.24, 2.45) is 5.73 Å². The smallest absolute Gasteiger partial charge is 0.462 e. The normalized spacial score (nSPS) is 13.4. The van der Waals surface area contributed by atoms with Gasteiger partial charge in [-0.15, -0.1) is 0 Å². The van der Waals surface area contributed by atoms with E-state index in [1.165, 1.54) is 218 Å². The van der Waals surface area contributed by atoms with Gasteiger partial charge in [-0.1, -0.05) is 299 Å². The molecule has 0 aromatic carbocycles. The second-order valence-corrected chi connectivity index (χ2v) is 23.8. The molecule has 0 spiro atoms. The van der Waals surface area contributed by atoms with Crippen LogP contribution >= 0.6 is 7.82 Å². The minimum atomic E-state index is -4.40. The van der Waals surface area contributed by atoms with Crippen molar-refractivity contribution in [2.45, 2.75) is 328 Å². The van der Waals surface area contributed by atoms with E-state index < -0.39 is 26.5 Å². The van der Waals surface area contributed by atoms with Gasteiger partial charge in [0.15, 0.2) is 6.10 Å². The lowest BCUT2D eigenvalue weighted by atomic mass is 10.0. The topological polar surface area (TPSA) is 134 Å². The highest BCUT2D eigenvalue weighted by atomic mass is 31.2. The molecule has 2 unspecified atom stereocenters. The standard InChI is InChI=1S/C69H126NO8P/c1-3-5-7-9-11-13-15-17-19-21-23-24-25-26-27-28-29-30-31-32-33-34-35-36-37-38-39-40-41-42-44-45-47-49-51-53-55-57-59-61-68(71)75-65-67(66-77-79(73,74)76-64-63-70)78-69(72)62-60-58-56-54-52-50-48-46-43-22-20-18-16-14-12-10-8-6-4-2/h6,8,12,14,18,20-21,23,43,46,50,52,67H,3-5,7,9-11,13,15-17,19,22,24-42,44-45,47-49,51,53-66,70H2,1-2H3,(H,73,74)/b8-6-,14-12-,20-18-,23-21-,46-43-,52-50-. The third-order valence-electron chi connectivity index (χ3n) is 14.6. The molecule has 460 valence electrons. The van der Waals surface area contributed by atoms with Gasteiger partial charge in [0, 0.05) is 19.4 Å². The zero-order valence-electron chi connectivity index (χ0n) is 51.6. The third-order valence-corrected chi connectivity index (χ3v) is 15.6. The number of phosphoric acid groups is 1. The van der Waals surface area contributed by atoms with Crippen LogP contribution < -0.4 is 5.73 Å². The maximum Gasteiger partial charge on any atom is 0.472 e. The Balaban J connectivity index is 3.79. The molecule has 0 saturated heterocycles. The molecular weight excluding hydrogens is 1000 g/mol. The second kappa shape index (κ2) is 64.6. The number of phosphoric ester groups is 1. The Morgan fingerprint density at radius 2 is 0.696 bits per heavy atom. The molecule has 2 atom stereocenters. The van der Waals surface area contributed by atoms with Gasteiger partial charge in [0.25, 0.3) is 0 Å². The lowest BCUT2D eigenvalue weighted by Crippen LogP contribution is -2.29. The number of rotatable bonds is 63. The van der Waals surface area contributed by atoms with Gasteiger partial charge in [-0.2, -0.15) is 0 Å². The SMILES string of the molecule is CC/C=C\C/C=C\C/C=C\C/C=C\C/C=C\CCCCCC(=O)OC(COC(=O)CCCCCCCCCCCCCCCCCCCCCCCCCCCCC/C=C\CCCCCCCCCC)COP(=O)(O)OCCN. The summed E-state index contributed by atoms with van der Waals surface area (Å²) in [7, 11) is -4.40. The predicted molar refractivity (Wildman–Crippen MR) is 339 cm³/mol. The van der Waals surface area contributed by atoms with Crippen LogP contribution in [-0.4, -0.2) is 49.3 Å². The van der Waals surface area contributed by atoms with E-state index in [1.807, 2.05) is 0 Å². The van der Waals surface area contributed by atoms with Gasteiger partial charge in [0.1, 0.15) is 6.61 Å². The fourth-order valence-electron chi connectivity index (χ4n) is 9.66. The first-order valence-corrected chi connectivity index (χ1v) is 34.9. The largest absolute Gasteiger partial charge is 0.472 e. The van der Waals surface area contributed by atoms with E-state index in [0.717, 1.165) is 70.6 Å². The number of hydrogen-bond donors (Lipinski definition) is 2. The molecule has 0 aliphatic heterocycles. The van der Waals surface area contributed by atoms with E-state index in [1.54, 1.807) is 0 Å². The van der Waals surface area contributed by atoms with Crippen LogP contribution in [-0.2, 0) is 32.7 Å². The lowest BCUT2D eigenvalue weighted by Gasteiger charge is -2.19. The molecule has 79 heavy (non-hydrogen) atoms. The van der Waals surface area contributed by atoms with Gasteiger partial charge < -0.3 is 20.1 Å². The van der Waals surface area contributed by atoms with Crippen LogP contribution in [0.2, 0.25) is 0 Å². The number of allylic oxidation sites excluding steroid dienone is 12. The summed E-state index contributed by atoms with van der Waals surface area (Å²) in [5, 5.41) is 0. The van der Waals surface area contributed by atoms with Gasteiger partial charge >= 0.3 is 19.8 Å². The van der Waals surface area contributed by atoms with Crippen LogP contribution in [0, 0.1) is 0 Å². The first-order chi connectivity index (χ1) is 38.8. The first kappa shape index (κ1) is 76.5. The molecule has 0 aromatic heterocycles. The molecular formula is C69H126NO8P. The quantitative estimate of drug-likeness (QED) is 0.0264. The molecule has 0 rings (SSSR count). The molecule has 0 heterocycles. The molecule has 10 heteroatoms. The maximum atomic E-state index is 12.7. The summed E-state index contributed by atoms with van der Waals surface area (Å²) in [6, 6.07) is 0. The Hall–Kier alpha value is -2.55. The van der Waals surface area contributed by atoms with E-state index in [4.69, 9.17) is 24.3 Å². The highest BCUT2D eigenvalue weighted by Gasteiger charge is 2.26. The van der Waals surface area contributed by atoms with Crippen molar-refractivity contribution in [2.75, 3.05) is 26.4 Å². The molecule has 0 radical (unpaired) electrons. The third kappa shape index (κ3) is 64.5. The number of hydrogen-bond acceptors (Lipinski definition) is 8. The van der Waals surface area contributed by atoms with Crippen LogP contribution in [0.25, 0.3) is 0 Å². The molecule has 0 saturated carbocycles. The van der Waals surface area contributed by atoms with E-state index in [9.17, 15) is 19.0 Å². The van der Waals surface area contributed by atoms with E-state index in [-0.39, 0.29) is 38.6 Å². The van der Waals surface area contributed by atoms with E-state index >= 15 is 0 Å². The number of unbranched alkanes of at least 4 members (excludes halogenated alkanes) is 38. The van der Waals surface area contributed by atoms with Gasteiger partial charge in [-0.25, -0.2) is 4.57 Å². The minimum absolute atomic E-state index is 0.0458. The van der Waals surface area contributed by atoms with Crippen molar-refractivity contribution in [1.29, 1.82) is 0 Å². The van der Waals surface area contributed by atoms with Crippen LogP contribution in [0.15, 0.2) is 72.9 Å². The Kier molecular flexibility index (Phi) is 62.5. The zero-order chi connectivity index (χ0) is 57.3. The summed E-state index contributed by atoms with van der Waals surface area (Å²) in [5.41, 5.74) is 5.38. The maximum absolute atomic E-state index is 12.7. The zero-order valence-corrected chi connectivity index (χ0v) is 52.5. The molecule has 0 aromatic rings. The number of ether oxygens (including phenoxy) is 2. The number of carbonyl (C=O) groups excluding carboxylic acids is 2. The lowest BCUT2D eigenvalue weighted by molar-refractivity contribution is -0.161. The summed E-state index contributed by atoms with van der Waals surface area (Å²) in [4.78, 5) is 35.2. The van der Waals surface area contributed by atoms with Gasteiger partial charge in [-0.3, -0.25) is 18.6 Å². The summed E-state index contributed by atoms with van der Waals surface area (Å²) in [6.45, 7) is 3.62. The van der Waals surface area contributed by atoms with E-state index in [2.05, 4.69) is 86.8 Å². The number of esters is 2. The average Bonchev–Trinajstić information content (AvgIpc) is 3.44. The summed E-state index contributed by atoms with van der Waals surface area (Å²) in [6.07, 6.45) is 84.5. The second-order valence-electron chi connectivity index (χ2n) is 22.3. The summed E-state index contributed by atoms with van der Waals surface area (Å²) in [5.74, 6) is -0.857. The van der Waals surface area contributed by atoms with Crippen LogP contribution in [0.5, 0.6) is 0 Å². The van der Waals surface area contributed by atoms with Crippen molar-refractivity contribution >= 4 is 19.8 Å². The molecule has 9 nitrogen and oxygen atoms in total. The summed E-state index contributed by atoms with van der Waals surface area (Å²) >= 11 is 0. The Labute approximate surface area is 488 Å². The van der Waals surface area contributed by atoms with Gasteiger partial charge in [0.05, 0.1) is 13.2 Å². The van der Waals surface area contributed by atoms with Crippen molar-refractivity contribution < 1.29 is 37.6 Å². The molecule has 3 N–H and O–H groups in total. The van der Waals surface area contributed by atoms with Crippen molar-refractivity contribution in [3.05, 3.63) is 72.9 Å². The van der Waals surface area contributed by atoms with Crippen molar-refractivity contribution in [3.63, 3.8) is 0 Å². The van der Waals surface area contributed by atoms with Crippen LogP contribution in [0.3, 0.4) is 0 Å². The van der Waals surface area contributed by atoms with Crippen LogP contribution in [0.4, 0.5) is 0 Å². The Morgan fingerprint density at radius 1 is 0.392 bits per heavy atom. The Bertz CT molecular complexity index is 1520. The number of nitrogens with two attached hydrogens (primary N) is 1. The first-order valence-electron chi connectivity index (χ1n) is 33.4. The fourth-order valence-corrected chi connectivity index (χ4v) is 10.4. The summed E-state index contributed by atoms with van der Waals surface area (Å²) < 4.78 is 33.0. The van der Waals surface area contributed by atoms with Crippen molar-refractivity contribution in [1.82, 2.24) is 0 Å². The van der Waals surface area contributed by atoms with E-state index in [0.29, 0.717) is 6.42 Å². The fraction of sp³-hybridized carbons (Fsp3) is 0.797. The molecule has 0 aliphatic rings. The van der Waals surface area contributed by atoms with Gasteiger partial charge in [-0.05, 0) is 83.5 Å². The average molecular weight is 1130 g/mol. The van der Waals surface area contributed by atoms with Crippen molar-refractivity contribution in [3.8, 4) is 0 Å². The molecule has 0 bridgehead atoms.